The fourth-order valence-electron chi connectivity index (χ4n) is 4.39. The van der Waals surface area contributed by atoms with Gasteiger partial charge in [0.2, 0.25) is 5.82 Å². The molecular weight excluding hydrogens is 538 g/mol. The van der Waals surface area contributed by atoms with Crippen molar-refractivity contribution in [2.45, 2.75) is 33.4 Å². The summed E-state index contributed by atoms with van der Waals surface area (Å²) >= 11 is 0. The molecule has 1 aromatic heterocycles. The predicted octanol–water partition coefficient (Wildman–Crippen LogP) is 7.37. The van der Waals surface area contributed by atoms with Crippen LogP contribution < -0.4 is 15.5 Å². The Balaban J connectivity index is 1.74. The van der Waals surface area contributed by atoms with E-state index in [1.54, 1.807) is 18.2 Å². The van der Waals surface area contributed by atoms with E-state index in [0.717, 1.165) is 12.5 Å². The molecule has 0 aliphatic rings. The van der Waals surface area contributed by atoms with Crippen molar-refractivity contribution in [2.75, 3.05) is 28.6 Å². The lowest BCUT2D eigenvalue weighted by Gasteiger charge is -2.30. The standard InChI is InChI=1S/C29H31F4N7O/c1-18(2)17-40(15-14-19(3)29(31,32)33)26-13-12-20(21-8-4-5-9-22(21)27-36-38-39-37-27)16-25(26)35-28(41)34-24-11-7-6-10-23(24)30/h4-13,16,18-19H,14-15,17H2,1-3H3,(H2,34,35,41)(H,36,37,38,39). The number of hydrogen-bond donors (Lipinski definition) is 3. The van der Waals surface area contributed by atoms with Crippen molar-refractivity contribution in [3.63, 3.8) is 0 Å². The Hall–Kier alpha value is -4.48. The second kappa shape index (κ2) is 12.8. The van der Waals surface area contributed by atoms with Crippen molar-refractivity contribution in [3.05, 3.63) is 72.5 Å². The third-order valence-corrected chi connectivity index (χ3v) is 6.51. The number of urea groups is 1. The number of carbonyl (C=O) groups excluding carboxylic acids is 1. The lowest BCUT2D eigenvalue weighted by molar-refractivity contribution is -0.170. The van der Waals surface area contributed by atoms with Crippen molar-refractivity contribution in [3.8, 4) is 22.5 Å². The highest BCUT2D eigenvalue weighted by molar-refractivity contribution is 6.02. The van der Waals surface area contributed by atoms with Gasteiger partial charge in [-0.1, -0.05) is 63.2 Å². The molecule has 12 heteroatoms. The minimum absolute atomic E-state index is 0.0109. The average Bonchev–Trinajstić information content (AvgIpc) is 3.46. The van der Waals surface area contributed by atoms with Crippen molar-refractivity contribution in [1.82, 2.24) is 20.6 Å². The van der Waals surface area contributed by atoms with Gasteiger partial charge in [0.1, 0.15) is 5.82 Å². The number of anilines is 3. The first-order valence-electron chi connectivity index (χ1n) is 13.1. The number of nitrogens with one attached hydrogen (secondary N) is 3. The van der Waals surface area contributed by atoms with Gasteiger partial charge in [-0.05, 0) is 52.9 Å². The van der Waals surface area contributed by atoms with Crippen molar-refractivity contribution in [2.24, 2.45) is 11.8 Å². The first kappa shape index (κ1) is 29.5. The molecule has 0 aliphatic carbocycles. The Morgan fingerprint density at radius 2 is 1.63 bits per heavy atom. The zero-order valence-corrected chi connectivity index (χ0v) is 22.8. The number of H-pyrrole nitrogens is 1. The molecule has 3 N–H and O–H groups in total. The summed E-state index contributed by atoms with van der Waals surface area (Å²) in [7, 11) is 0. The molecule has 216 valence electrons. The topological polar surface area (TPSA) is 98.8 Å². The van der Waals surface area contributed by atoms with Gasteiger partial charge in [-0.15, -0.1) is 10.2 Å². The molecule has 2 amide bonds. The summed E-state index contributed by atoms with van der Waals surface area (Å²) in [5, 5.41) is 19.5. The molecule has 1 unspecified atom stereocenters. The zero-order valence-electron chi connectivity index (χ0n) is 22.8. The van der Waals surface area contributed by atoms with Crippen molar-refractivity contribution < 1.29 is 22.4 Å². The van der Waals surface area contributed by atoms with Gasteiger partial charge in [-0.3, -0.25) is 0 Å². The number of amides is 2. The number of tetrazole rings is 1. The molecule has 0 radical (unpaired) electrons. The fourth-order valence-corrected chi connectivity index (χ4v) is 4.39. The van der Waals surface area contributed by atoms with Crippen LogP contribution in [0.1, 0.15) is 27.2 Å². The maximum absolute atomic E-state index is 14.2. The molecule has 41 heavy (non-hydrogen) atoms. The lowest BCUT2D eigenvalue weighted by atomic mass is 9.97. The quantitative estimate of drug-likeness (QED) is 0.173. The molecule has 0 aliphatic heterocycles. The molecule has 8 nitrogen and oxygen atoms in total. The number of nitrogens with zero attached hydrogens (tertiary/aromatic N) is 4. The third-order valence-electron chi connectivity index (χ3n) is 6.51. The highest BCUT2D eigenvalue weighted by atomic mass is 19.4. The number of alkyl halides is 3. The van der Waals surface area contributed by atoms with Crippen LogP contribution in [0.3, 0.4) is 0 Å². The van der Waals surface area contributed by atoms with Crippen molar-refractivity contribution in [1.29, 1.82) is 0 Å². The van der Waals surface area contributed by atoms with E-state index in [2.05, 4.69) is 31.3 Å². The van der Waals surface area contributed by atoms with E-state index in [1.165, 1.54) is 18.2 Å². The number of rotatable bonds is 10. The van der Waals surface area contributed by atoms with Crippen LogP contribution in [0.25, 0.3) is 22.5 Å². The van der Waals surface area contributed by atoms with Gasteiger partial charge in [0.25, 0.3) is 0 Å². The maximum Gasteiger partial charge on any atom is 0.391 e. The van der Waals surface area contributed by atoms with E-state index >= 15 is 0 Å². The molecule has 0 saturated carbocycles. The number of aromatic nitrogens is 4. The Bertz CT molecular complexity index is 1460. The normalized spacial score (nSPS) is 12.3. The van der Waals surface area contributed by atoms with E-state index in [4.69, 9.17) is 0 Å². The van der Waals surface area contributed by atoms with Gasteiger partial charge in [0.05, 0.1) is 23.0 Å². The van der Waals surface area contributed by atoms with Gasteiger partial charge < -0.3 is 15.5 Å². The van der Waals surface area contributed by atoms with Crippen LogP contribution in [0, 0.1) is 17.7 Å². The minimum atomic E-state index is -4.31. The molecule has 3 aromatic carbocycles. The number of benzene rings is 3. The molecule has 1 heterocycles. The first-order chi connectivity index (χ1) is 19.5. The number of aromatic amines is 1. The van der Waals surface area contributed by atoms with Gasteiger partial charge in [0.15, 0.2) is 0 Å². The summed E-state index contributed by atoms with van der Waals surface area (Å²) in [4.78, 5) is 14.9. The van der Waals surface area contributed by atoms with Crippen LogP contribution in [0.4, 0.5) is 39.4 Å². The summed E-state index contributed by atoms with van der Waals surface area (Å²) in [6.45, 7) is 5.65. The van der Waals surface area contributed by atoms with Crippen LogP contribution in [0.2, 0.25) is 0 Å². The van der Waals surface area contributed by atoms with Crippen LogP contribution in [-0.4, -0.2) is 45.9 Å². The SMILES string of the molecule is CC(C)CN(CCC(C)C(F)(F)F)c1ccc(-c2ccccc2-c2nn[nH]n2)cc1NC(=O)Nc1ccccc1F. The Morgan fingerprint density at radius 1 is 0.951 bits per heavy atom. The highest BCUT2D eigenvalue weighted by Crippen LogP contribution is 2.37. The Labute approximate surface area is 235 Å². The molecule has 1 atom stereocenters. The maximum atomic E-state index is 14.2. The number of halogens is 4. The summed E-state index contributed by atoms with van der Waals surface area (Å²) in [6.07, 6.45) is -4.44. The van der Waals surface area contributed by atoms with E-state index in [9.17, 15) is 22.4 Å². The van der Waals surface area contributed by atoms with Gasteiger partial charge >= 0.3 is 12.2 Å². The monoisotopic (exact) mass is 569 g/mol. The summed E-state index contributed by atoms with van der Waals surface area (Å²) in [5.41, 5.74) is 3.01. The van der Waals surface area contributed by atoms with Crippen LogP contribution in [0.15, 0.2) is 66.7 Å². The fraction of sp³-hybridized carbons (Fsp3) is 0.310. The molecule has 0 spiro atoms. The number of hydrogen-bond acceptors (Lipinski definition) is 5. The first-order valence-corrected chi connectivity index (χ1v) is 13.1. The Morgan fingerprint density at radius 3 is 2.29 bits per heavy atom. The summed E-state index contributed by atoms with van der Waals surface area (Å²) in [5.74, 6) is -1.61. The van der Waals surface area contributed by atoms with Crippen LogP contribution in [-0.2, 0) is 0 Å². The van der Waals surface area contributed by atoms with Crippen LogP contribution in [0.5, 0.6) is 0 Å². The number of para-hydroxylation sites is 1. The molecular formula is C29H31F4N7O. The highest BCUT2D eigenvalue weighted by Gasteiger charge is 2.35. The smallest absolute Gasteiger partial charge is 0.370 e. The van der Waals surface area contributed by atoms with Gasteiger partial charge in [0, 0.05) is 18.7 Å². The molecule has 4 aromatic rings. The average molecular weight is 570 g/mol. The van der Waals surface area contributed by atoms with E-state index < -0.39 is 23.9 Å². The number of carbonyl (C=O) groups is 1. The van der Waals surface area contributed by atoms with E-state index in [1.807, 2.05) is 49.1 Å². The van der Waals surface area contributed by atoms with Crippen molar-refractivity contribution >= 4 is 23.1 Å². The van der Waals surface area contributed by atoms with Gasteiger partial charge in [-0.2, -0.15) is 18.4 Å². The zero-order chi connectivity index (χ0) is 29.6. The second-order valence-corrected chi connectivity index (χ2v) is 10.1. The second-order valence-electron chi connectivity index (χ2n) is 10.1. The lowest BCUT2D eigenvalue weighted by Crippen LogP contribution is -2.33. The molecule has 0 fully saturated rings. The largest absolute Gasteiger partial charge is 0.391 e. The molecule has 4 rings (SSSR count). The Kier molecular flexibility index (Phi) is 9.21. The third kappa shape index (κ3) is 7.59. The molecule has 0 saturated heterocycles. The van der Waals surface area contributed by atoms with Gasteiger partial charge in [-0.25, -0.2) is 9.18 Å². The van der Waals surface area contributed by atoms with Crippen LogP contribution >= 0.6 is 0 Å². The minimum Gasteiger partial charge on any atom is -0.370 e. The predicted molar refractivity (Wildman–Crippen MR) is 151 cm³/mol. The van der Waals surface area contributed by atoms with E-state index in [0.29, 0.717) is 34.9 Å². The molecule has 0 bridgehead atoms. The van der Waals surface area contributed by atoms with E-state index in [-0.39, 0.29) is 24.6 Å². The summed E-state index contributed by atoms with van der Waals surface area (Å²) in [6, 6.07) is 17.7. The summed E-state index contributed by atoms with van der Waals surface area (Å²) < 4.78 is 54.2.